The zero-order valence-corrected chi connectivity index (χ0v) is 16.4. The Morgan fingerprint density at radius 1 is 1.40 bits per heavy atom. The summed E-state index contributed by atoms with van der Waals surface area (Å²) in [6.45, 7) is 2.53. The Bertz CT molecular complexity index is 730. The van der Waals surface area contributed by atoms with Gasteiger partial charge in [0.15, 0.2) is 11.5 Å². The third-order valence-corrected chi connectivity index (χ3v) is 4.53. The highest BCUT2D eigenvalue weighted by Crippen LogP contribution is 2.26. The Morgan fingerprint density at radius 2 is 2.16 bits per heavy atom. The summed E-state index contributed by atoms with van der Waals surface area (Å²) in [4.78, 5) is 16.9. The van der Waals surface area contributed by atoms with E-state index in [4.69, 9.17) is 0 Å². The van der Waals surface area contributed by atoms with Gasteiger partial charge in [0.1, 0.15) is 11.9 Å². The van der Waals surface area contributed by atoms with Crippen LogP contribution in [0.15, 0.2) is 28.7 Å². The number of rotatable bonds is 8. The molecule has 2 aromatic rings. The van der Waals surface area contributed by atoms with Gasteiger partial charge in [-0.15, -0.1) is 0 Å². The van der Waals surface area contributed by atoms with Gasteiger partial charge in [0.25, 0.3) is 5.91 Å². The molecule has 1 atom stereocenters. The molecule has 0 aliphatic rings. The minimum atomic E-state index is -0.711. The second-order valence-electron chi connectivity index (χ2n) is 5.87. The Kier molecular flexibility index (Phi) is 7.01. The number of halogens is 1. The first-order valence-corrected chi connectivity index (χ1v) is 9.23. The molecule has 136 valence electrons. The van der Waals surface area contributed by atoms with Crippen molar-refractivity contribution in [3.05, 3.63) is 45.8 Å². The maximum absolute atomic E-state index is 12.4. The summed E-state index contributed by atoms with van der Waals surface area (Å²) in [6.07, 6.45) is 1.79. The number of amides is 1. The van der Waals surface area contributed by atoms with E-state index in [-0.39, 0.29) is 5.91 Å². The smallest absolute Gasteiger partial charge is 0.271 e. The van der Waals surface area contributed by atoms with Crippen molar-refractivity contribution < 1.29 is 9.90 Å². The molecular formula is C18H25BrN4O2. The monoisotopic (exact) mass is 408 g/mol. The molecule has 0 saturated heterocycles. The van der Waals surface area contributed by atoms with Crippen molar-refractivity contribution >= 4 is 27.7 Å². The molecule has 0 spiro atoms. The van der Waals surface area contributed by atoms with E-state index in [1.807, 2.05) is 24.3 Å². The van der Waals surface area contributed by atoms with Crippen molar-refractivity contribution in [1.82, 2.24) is 14.9 Å². The topological polar surface area (TPSA) is 79.2 Å². The van der Waals surface area contributed by atoms with Crippen molar-refractivity contribution in [1.29, 1.82) is 0 Å². The number of nitrogens with one attached hydrogen (secondary N) is 2. The lowest BCUT2D eigenvalue weighted by atomic mass is 10.1. The second-order valence-corrected chi connectivity index (χ2v) is 6.79. The molecule has 25 heavy (non-hydrogen) atoms. The Morgan fingerprint density at radius 3 is 2.76 bits per heavy atom. The van der Waals surface area contributed by atoms with Crippen LogP contribution in [0.4, 0.5) is 5.82 Å². The van der Waals surface area contributed by atoms with Crippen molar-refractivity contribution in [2.75, 3.05) is 19.4 Å². The van der Waals surface area contributed by atoms with Crippen LogP contribution in [0.1, 0.15) is 54.2 Å². The molecule has 7 heteroatoms. The maximum Gasteiger partial charge on any atom is 0.271 e. The number of hydrogen-bond donors (Lipinski definition) is 3. The summed E-state index contributed by atoms with van der Waals surface area (Å²) in [5.41, 5.74) is 1.44. The number of aliphatic hydroxyl groups is 1. The van der Waals surface area contributed by atoms with Gasteiger partial charge >= 0.3 is 0 Å². The molecule has 1 aromatic heterocycles. The highest BCUT2D eigenvalue weighted by Gasteiger charge is 2.25. The van der Waals surface area contributed by atoms with E-state index in [1.54, 1.807) is 18.7 Å². The fourth-order valence-electron chi connectivity index (χ4n) is 2.75. The van der Waals surface area contributed by atoms with Gasteiger partial charge in [-0.2, -0.15) is 0 Å². The van der Waals surface area contributed by atoms with Crippen molar-refractivity contribution in [2.24, 2.45) is 0 Å². The number of aromatic nitrogens is 2. The first kappa shape index (κ1) is 19.5. The van der Waals surface area contributed by atoms with E-state index >= 15 is 0 Å². The predicted molar refractivity (Wildman–Crippen MR) is 103 cm³/mol. The van der Waals surface area contributed by atoms with Crippen LogP contribution in [0.5, 0.6) is 0 Å². The third kappa shape index (κ3) is 4.61. The molecule has 1 aromatic carbocycles. The second kappa shape index (κ2) is 9.01. The number of benzene rings is 1. The Labute approximate surface area is 156 Å². The Hall–Kier alpha value is -1.86. The SMILES string of the molecule is CCCCC(O)c1nc(NC)c(C(=O)NC)n1Cc1cccc(Br)c1. The molecule has 0 aliphatic carbocycles. The summed E-state index contributed by atoms with van der Waals surface area (Å²) < 4.78 is 2.76. The van der Waals surface area contributed by atoms with E-state index in [1.165, 1.54) is 0 Å². The number of aliphatic hydroxyl groups excluding tert-OH is 1. The molecule has 1 unspecified atom stereocenters. The van der Waals surface area contributed by atoms with Crippen molar-refractivity contribution in [3.8, 4) is 0 Å². The highest BCUT2D eigenvalue weighted by atomic mass is 79.9. The van der Waals surface area contributed by atoms with Crippen LogP contribution in [0, 0.1) is 0 Å². The van der Waals surface area contributed by atoms with Crippen LogP contribution >= 0.6 is 15.9 Å². The van der Waals surface area contributed by atoms with Gasteiger partial charge in [-0.25, -0.2) is 4.98 Å². The Balaban J connectivity index is 2.51. The zero-order valence-electron chi connectivity index (χ0n) is 14.8. The summed E-state index contributed by atoms with van der Waals surface area (Å²) in [7, 11) is 3.31. The predicted octanol–water partition coefficient (Wildman–Crippen LogP) is 3.32. The first-order chi connectivity index (χ1) is 12.0. The normalized spacial score (nSPS) is 12.0. The average molecular weight is 409 g/mol. The number of nitrogens with zero attached hydrogens (tertiary/aromatic N) is 2. The van der Waals surface area contributed by atoms with Gasteiger partial charge in [-0.1, -0.05) is 47.8 Å². The quantitative estimate of drug-likeness (QED) is 0.625. The van der Waals surface area contributed by atoms with Gasteiger partial charge < -0.3 is 20.3 Å². The molecule has 6 nitrogen and oxygen atoms in total. The van der Waals surface area contributed by atoms with Gasteiger partial charge in [-0.05, 0) is 24.1 Å². The lowest BCUT2D eigenvalue weighted by Crippen LogP contribution is -2.24. The largest absolute Gasteiger partial charge is 0.385 e. The van der Waals surface area contributed by atoms with E-state index in [0.717, 1.165) is 22.9 Å². The van der Waals surface area contributed by atoms with Crippen LogP contribution in [0.25, 0.3) is 0 Å². The van der Waals surface area contributed by atoms with E-state index in [2.05, 4.69) is 38.5 Å². The fraction of sp³-hybridized carbons (Fsp3) is 0.444. The van der Waals surface area contributed by atoms with Gasteiger partial charge in [-0.3, -0.25) is 4.79 Å². The average Bonchev–Trinajstić information content (AvgIpc) is 2.97. The third-order valence-electron chi connectivity index (χ3n) is 4.03. The molecule has 0 aliphatic heterocycles. The molecular weight excluding hydrogens is 384 g/mol. The molecule has 0 radical (unpaired) electrons. The summed E-state index contributed by atoms with van der Waals surface area (Å²) in [6, 6.07) is 7.88. The van der Waals surface area contributed by atoms with Gasteiger partial charge in [0.05, 0.1) is 0 Å². The van der Waals surface area contributed by atoms with E-state index in [0.29, 0.717) is 30.3 Å². The zero-order chi connectivity index (χ0) is 18.4. The van der Waals surface area contributed by atoms with Crippen LogP contribution < -0.4 is 10.6 Å². The van der Waals surface area contributed by atoms with Crippen LogP contribution in [0.3, 0.4) is 0 Å². The number of carbonyl (C=O) groups is 1. The minimum absolute atomic E-state index is 0.235. The van der Waals surface area contributed by atoms with E-state index < -0.39 is 6.10 Å². The summed E-state index contributed by atoms with van der Waals surface area (Å²) in [5.74, 6) is 0.747. The molecule has 0 bridgehead atoms. The number of carbonyl (C=O) groups excluding carboxylic acids is 1. The van der Waals surface area contributed by atoms with Crippen molar-refractivity contribution in [3.63, 3.8) is 0 Å². The molecule has 0 fully saturated rings. The molecule has 1 heterocycles. The number of imidazole rings is 1. The lowest BCUT2D eigenvalue weighted by Gasteiger charge is -2.15. The minimum Gasteiger partial charge on any atom is -0.385 e. The maximum atomic E-state index is 12.4. The molecule has 0 saturated carbocycles. The van der Waals surface area contributed by atoms with Gasteiger partial charge in [0, 0.05) is 25.1 Å². The number of unbranched alkanes of at least 4 members (excludes halogenated alkanes) is 1. The van der Waals surface area contributed by atoms with Crippen molar-refractivity contribution in [2.45, 2.75) is 38.8 Å². The molecule has 1 amide bonds. The van der Waals surface area contributed by atoms with Crippen LogP contribution in [-0.2, 0) is 6.54 Å². The molecule has 3 N–H and O–H groups in total. The first-order valence-electron chi connectivity index (χ1n) is 8.44. The lowest BCUT2D eigenvalue weighted by molar-refractivity contribution is 0.0953. The number of anilines is 1. The van der Waals surface area contributed by atoms with E-state index in [9.17, 15) is 9.90 Å². The van der Waals surface area contributed by atoms with Crippen LogP contribution in [-0.4, -0.2) is 34.7 Å². The molecule has 2 rings (SSSR count). The van der Waals surface area contributed by atoms with Gasteiger partial charge in [0.2, 0.25) is 0 Å². The summed E-state index contributed by atoms with van der Waals surface area (Å²) in [5, 5.41) is 16.2. The number of hydrogen-bond acceptors (Lipinski definition) is 4. The fourth-order valence-corrected chi connectivity index (χ4v) is 3.20. The summed E-state index contributed by atoms with van der Waals surface area (Å²) >= 11 is 3.47. The standard InChI is InChI=1S/C18H25BrN4O2/c1-4-5-9-14(24)17-22-16(20-2)15(18(25)21-3)23(17)11-12-7-6-8-13(19)10-12/h6-8,10,14,20,24H,4-5,9,11H2,1-3H3,(H,21,25). The highest BCUT2D eigenvalue weighted by molar-refractivity contribution is 9.10. The van der Waals surface area contributed by atoms with Crippen LogP contribution in [0.2, 0.25) is 0 Å².